The van der Waals surface area contributed by atoms with Crippen molar-refractivity contribution in [2.24, 2.45) is 23.2 Å². The average molecular weight is 392 g/mol. The third kappa shape index (κ3) is 4.37. The fourth-order valence-electron chi connectivity index (χ4n) is 6.16. The van der Waals surface area contributed by atoms with Crippen molar-refractivity contribution >= 4 is 18.0 Å². The molecule has 1 aromatic carbocycles. The van der Waals surface area contributed by atoms with E-state index in [2.05, 4.69) is 12.2 Å². The van der Waals surface area contributed by atoms with Crippen molar-refractivity contribution in [3.05, 3.63) is 41.5 Å². The number of benzene rings is 1. The molecule has 4 fully saturated rings. The Labute approximate surface area is 172 Å². The number of rotatable bonds is 6. The first kappa shape index (κ1) is 19.7. The molecule has 1 atom stereocenters. The molecule has 0 aromatic heterocycles. The van der Waals surface area contributed by atoms with Gasteiger partial charge in [-0.15, -0.1) is 0 Å². The lowest BCUT2D eigenvalue weighted by Crippen LogP contribution is -2.56. The highest BCUT2D eigenvalue weighted by atomic mass is 16.5. The quantitative estimate of drug-likeness (QED) is 0.589. The number of carbonyl (C=O) groups is 2. The summed E-state index contributed by atoms with van der Waals surface area (Å²) < 4.78 is 5.10. The van der Waals surface area contributed by atoms with Crippen molar-refractivity contribution in [1.82, 2.24) is 5.32 Å². The van der Waals surface area contributed by atoms with Crippen molar-refractivity contribution in [3.8, 4) is 6.07 Å². The highest BCUT2D eigenvalue weighted by Gasteiger charge is 2.53. The Balaban J connectivity index is 1.25. The predicted molar refractivity (Wildman–Crippen MR) is 109 cm³/mol. The highest BCUT2D eigenvalue weighted by molar-refractivity contribution is 5.89. The molecule has 1 N–H and O–H groups in total. The summed E-state index contributed by atoms with van der Waals surface area (Å²) >= 11 is 0. The first-order chi connectivity index (χ1) is 14.0. The Kier molecular flexibility index (Phi) is 5.45. The number of hydrogen-bond acceptors (Lipinski definition) is 4. The largest absolute Gasteiger partial charge is 0.452 e. The molecule has 5 nitrogen and oxygen atoms in total. The first-order valence-corrected chi connectivity index (χ1v) is 10.6. The number of amides is 1. The van der Waals surface area contributed by atoms with Crippen LogP contribution in [0.15, 0.2) is 30.3 Å². The van der Waals surface area contributed by atoms with Crippen LogP contribution < -0.4 is 5.32 Å². The van der Waals surface area contributed by atoms with Gasteiger partial charge in [0.1, 0.15) is 0 Å². The van der Waals surface area contributed by atoms with Gasteiger partial charge in [-0.25, -0.2) is 4.79 Å². The van der Waals surface area contributed by atoms with E-state index in [1.54, 1.807) is 30.3 Å². The third-order valence-electron chi connectivity index (χ3n) is 7.18. The summed E-state index contributed by atoms with van der Waals surface area (Å²) in [5.74, 6) is 1.74. The lowest BCUT2D eigenvalue weighted by molar-refractivity contribution is -0.145. The average Bonchev–Trinajstić information content (AvgIpc) is 2.70. The fourth-order valence-corrected chi connectivity index (χ4v) is 6.16. The molecular formula is C24H28N2O3. The zero-order valence-corrected chi connectivity index (χ0v) is 16.9. The van der Waals surface area contributed by atoms with Gasteiger partial charge in [0.15, 0.2) is 6.61 Å². The van der Waals surface area contributed by atoms with E-state index < -0.39 is 5.97 Å². The third-order valence-corrected chi connectivity index (χ3v) is 7.18. The molecule has 1 amide bonds. The number of ether oxygens (including phenoxy) is 1. The molecule has 4 bridgehead atoms. The van der Waals surface area contributed by atoms with E-state index in [4.69, 9.17) is 10.00 Å². The van der Waals surface area contributed by atoms with E-state index in [1.807, 2.05) is 6.07 Å². The Hall–Kier alpha value is -2.61. The van der Waals surface area contributed by atoms with E-state index in [1.165, 1.54) is 44.6 Å². The van der Waals surface area contributed by atoms with Gasteiger partial charge in [0.25, 0.3) is 5.91 Å². The van der Waals surface area contributed by atoms with Crippen LogP contribution >= 0.6 is 0 Å². The van der Waals surface area contributed by atoms with Crippen LogP contribution in [0.2, 0.25) is 0 Å². The molecule has 0 spiro atoms. The van der Waals surface area contributed by atoms with Gasteiger partial charge in [0.05, 0.1) is 11.6 Å². The maximum absolute atomic E-state index is 12.4. The van der Waals surface area contributed by atoms with Crippen LogP contribution in [0.4, 0.5) is 0 Å². The molecule has 5 heteroatoms. The summed E-state index contributed by atoms with van der Waals surface area (Å²) in [5.41, 5.74) is 1.60. The summed E-state index contributed by atoms with van der Waals surface area (Å²) in [6, 6.07) is 9.04. The Morgan fingerprint density at radius 1 is 1.17 bits per heavy atom. The molecular weight excluding hydrogens is 364 g/mol. The summed E-state index contributed by atoms with van der Waals surface area (Å²) in [5, 5.41) is 11.9. The smallest absolute Gasteiger partial charge is 0.331 e. The molecule has 0 aliphatic heterocycles. The zero-order valence-electron chi connectivity index (χ0n) is 16.9. The number of nitriles is 1. The van der Waals surface area contributed by atoms with Crippen LogP contribution in [0.3, 0.4) is 0 Å². The summed E-state index contributed by atoms with van der Waals surface area (Å²) in [4.78, 5) is 24.3. The van der Waals surface area contributed by atoms with Gasteiger partial charge in [0.2, 0.25) is 0 Å². The SMILES string of the molecule is C[C@H](NC(=O)COC(=O)/C=C/c1ccc(C#N)cc1)C12CC3CC(CC(C3)C1)C2. The Morgan fingerprint density at radius 2 is 1.76 bits per heavy atom. The molecule has 0 heterocycles. The van der Waals surface area contributed by atoms with Crippen LogP contribution in [0.5, 0.6) is 0 Å². The van der Waals surface area contributed by atoms with Gasteiger partial charge in [0, 0.05) is 12.1 Å². The van der Waals surface area contributed by atoms with Gasteiger partial charge in [-0.05, 0) is 92.4 Å². The van der Waals surface area contributed by atoms with Gasteiger partial charge >= 0.3 is 5.97 Å². The molecule has 5 rings (SSSR count). The molecule has 0 unspecified atom stereocenters. The van der Waals surface area contributed by atoms with Crippen LogP contribution in [0.1, 0.15) is 56.6 Å². The van der Waals surface area contributed by atoms with E-state index >= 15 is 0 Å². The monoisotopic (exact) mass is 392 g/mol. The minimum absolute atomic E-state index is 0.122. The van der Waals surface area contributed by atoms with Crippen LogP contribution in [-0.2, 0) is 14.3 Å². The standard InChI is InChI=1S/C24H28N2O3/c1-16(24-11-19-8-20(12-24)10-21(9-19)13-24)26-22(27)15-29-23(28)7-6-17-2-4-18(14-25)5-3-17/h2-7,16,19-21H,8-13,15H2,1H3,(H,26,27)/b7-6+/t16-,19?,20?,21?,24?/m0/s1. The second-order valence-corrected chi connectivity index (χ2v) is 9.24. The number of nitrogens with one attached hydrogen (secondary N) is 1. The van der Waals surface area contributed by atoms with Crippen LogP contribution in [-0.4, -0.2) is 24.5 Å². The zero-order chi connectivity index (χ0) is 20.4. The first-order valence-electron chi connectivity index (χ1n) is 10.6. The maximum Gasteiger partial charge on any atom is 0.331 e. The number of carbonyl (C=O) groups excluding carboxylic acids is 2. The molecule has 4 saturated carbocycles. The predicted octanol–water partition coefficient (Wildman–Crippen LogP) is 3.84. The Morgan fingerprint density at radius 3 is 2.31 bits per heavy atom. The Bertz CT molecular complexity index is 815. The van der Waals surface area contributed by atoms with Gasteiger partial charge < -0.3 is 10.1 Å². The highest BCUT2D eigenvalue weighted by Crippen LogP contribution is 2.61. The van der Waals surface area contributed by atoms with Crippen molar-refractivity contribution in [2.75, 3.05) is 6.61 Å². The normalized spacial score (nSPS) is 30.7. The van der Waals surface area contributed by atoms with E-state index in [-0.39, 0.29) is 24.0 Å². The van der Waals surface area contributed by atoms with Crippen molar-refractivity contribution in [1.29, 1.82) is 5.26 Å². The molecule has 29 heavy (non-hydrogen) atoms. The van der Waals surface area contributed by atoms with Gasteiger partial charge in [-0.3, -0.25) is 4.79 Å². The van der Waals surface area contributed by atoms with E-state index in [9.17, 15) is 9.59 Å². The van der Waals surface area contributed by atoms with E-state index in [0.717, 1.165) is 23.3 Å². The van der Waals surface area contributed by atoms with E-state index in [0.29, 0.717) is 5.56 Å². The molecule has 4 aliphatic rings. The van der Waals surface area contributed by atoms with Crippen molar-refractivity contribution in [2.45, 2.75) is 51.5 Å². The van der Waals surface area contributed by atoms with Gasteiger partial charge in [-0.1, -0.05) is 12.1 Å². The van der Waals surface area contributed by atoms with Crippen LogP contribution in [0, 0.1) is 34.5 Å². The molecule has 1 aromatic rings. The second kappa shape index (κ2) is 8.02. The lowest BCUT2D eigenvalue weighted by Gasteiger charge is -2.59. The summed E-state index contributed by atoms with van der Waals surface area (Å²) in [7, 11) is 0. The van der Waals surface area contributed by atoms with Crippen LogP contribution in [0.25, 0.3) is 6.08 Å². The lowest BCUT2D eigenvalue weighted by atomic mass is 9.48. The molecule has 0 radical (unpaired) electrons. The summed E-state index contributed by atoms with van der Waals surface area (Å²) in [6.45, 7) is 1.87. The number of nitrogens with zero attached hydrogens (tertiary/aromatic N) is 1. The van der Waals surface area contributed by atoms with Crippen molar-refractivity contribution in [3.63, 3.8) is 0 Å². The molecule has 4 aliphatic carbocycles. The molecule has 0 saturated heterocycles. The van der Waals surface area contributed by atoms with Crippen molar-refractivity contribution < 1.29 is 14.3 Å². The topological polar surface area (TPSA) is 79.2 Å². The molecule has 152 valence electrons. The minimum atomic E-state index is -0.549. The fraction of sp³-hybridized carbons (Fsp3) is 0.542. The summed E-state index contributed by atoms with van der Waals surface area (Å²) in [6.07, 6.45) is 10.7. The minimum Gasteiger partial charge on any atom is -0.452 e. The van der Waals surface area contributed by atoms with Gasteiger partial charge in [-0.2, -0.15) is 5.26 Å². The number of esters is 1. The number of hydrogen-bond donors (Lipinski definition) is 1. The second-order valence-electron chi connectivity index (χ2n) is 9.24. The maximum atomic E-state index is 12.4.